The second kappa shape index (κ2) is 24.3. The predicted octanol–water partition coefficient (Wildman–Crippen LogP) is -4.66. The molecule has 0 unspecified atom stereocenters. The molecule has 5 heterocycles. The van der Waals surface area contributed by atoms with Crippen molar-refractivity contribution in [3.05, 3.63) is 0 Å². The molecule has 11 aliphatic rings. The van der Waals surface area contributed by atoms with Crippen LogP contribution in [0.25, 0.3) is 0 Å². The van der Waals surface area contributed by atoms with E-state index in [1.807, 2.05) is 6.92 Å². The van der Waals surface area contributed by atoms with Crippen LogP contribution in [0.3, 0.4) is 0 Å². The zero-order valence-electron chi connectivity index (χ0n) is 50.7. The van der Waals surface area contributed by atoms with Crippen LogP contribution >= 0.6 is 0 Å². The second-order valence-electron chi connectivity index (χ2n) is 29.6. The maximum absolute atomic E-state index is 12.8. The Hall–Kier alpha value is -1.08. The molecule has 11 rings (SSSR count). The number of hydrogen-bond acceptors (Lipinski definition) is 27. The van der Waals surface area contributed by atoms with Crippen molar-refractivity contribution in [2.75, 3.05) is 26.4 Å². The zero-order chi connectivity index (χ0) is 63.3. The number of ether oxygens (including phenoxy) is 9. The minimum atomic E-state index is -1.87. The van der Waals surface area contributed by atoms with Gasteiger partial charge in [0.25, 0.3) is 0 Å². The molecule has 27 heteroatoms. The van der Waals surface area contributed by atoms with Crippen LogP contribution in [0.1, 0.15) is 113 Å². The molecule has 87 heavy (non-hydrogen) atoms. The van der Waals surface area contributed by atoms with Crippen LogP contribution in [0.15, 0.2) is 0 Å². The molecule has 38 atom stereocenters. The molecule has 11 fully saturated rings. The minimum absolute atomic E-state index is 0.0960. The fourth-order valence-electron chi connectivity index (χ4n) is 20.0. The van der Waals surface area contributed by atoms with E-state index in [0.29, 0.717) is 25.7 Å². The van der Waals surface area contributed by atoms with E-state index in [9.17, 15) is 91.9 Å². The Kier molecular flexibility index (Phi) is 18.8. The van der Waals surface area contributed by atoms with Gasteiger partial charge in [-0.25, -0.2) is 0 Å². The van der Waals surface area contributed by atoms with Gasteiger partial charge in [-0.2, -0.15) is 0 Å². The topological polar surface area (TPSA) is 447 Å². The number of aliphatic hydroxyl groups excluding tert-OH is 17. The Morgan fingerprint density at radius 1 is 0.471 bits per heavy atom. The molecule has 502 valence electrons. The summed E-state index contributed by atoms with van der Waals surface area (Å²) in [4.78, 5) is 0. The van der Waals surface area contributed by atoms with Gasteiger partial charge in [0, 0.05) is 11.3 Å². The van der Waals surface area contributed by atoms with Crippen molar-refractivity contribution in [3.63, 3.8) is 0 Å². The monoisotopic (exact) mass is 1250 g/mol. The van der Waals surface area contributed by atoms with Gasteiger partial charge in [-0.3, -0.25) is 0 Å². The fraction of sp³-hybridized carbons (Fsp3) is 1.00. The zero-order valence-corrected chi connectivity index (χ0v) is 50.7. The standard InChI is InChI=1S/C60H100O27/c1-22-34(64)40(70)45(75)51(80-22)79-19-29-39(69)44(74)50(87-52-46(76)41(71)35(65)23(2)81-52)54(84-29)85-32-11-13-59-20-60(59)15-14-57(6)25(10-12-58(57,7)31(60)9-8-30(59)56(32,5)21-63)33-24(16-26(36(33)66)55(3,4)78)48-49(43(73)38(68)27(17-61)82-48)86-53-47(77)42(72)37(67)28(18-62)83-53/h22-54,61-78H,8-21H2,1-7H3/t22-,23-,24-,25+,26+,27+,28+,29+,30-,31-,32-,33+,34-,35-,36-,37+,38+,39+,40+,41+,42-,43-,44-,45+,46+,47+,48-,49+,50+,51+,52-,53-,54-,56+,57+,58-,59+,60-/m0/s1. The summed E-state index contributed by atoms with van der Waals surface area (Å²) in [6, 6.07) is 0. The van der Waals surface area contributed by atoms with Crippen molar-refractivity contribution in [2.45, 2.75) is 284 Å². The lowest BCUT2D eigenvalue weighted by molar-refractivity contribution is -0.380. The van der Waals surface area contributed by atoms with E-state index < -0.39 is 220 Å². The summed E-state index contributed by atoms with van der Waals surface area (Å²) in [5.41, 5.74) is -3.51. The third-order valence-electron chi connectivity index (χ3n) is 25.2. The first-order valence-corrected chi connectivity index (χ1v) is 31.7. The van der Waals surface area contributed by atoms with Gasteiger partial charge in [0.2, 0.25) is 0 Å². The second-order valence-corrected chi connectivity index (χ2v) is 29.6. The van der Waals surface area contributed by atoms with E-state index in [4.69, 9.17) is 42.6 Å². The average molecular weight is 1250 g/mol. The lowest BCUT2D eigenvalue weighted by atomic mass is 9.41. The highest BCUT2D eigenvalue weighted by Gasteiger charge is 2.83. The number of rotatable bonds is 15. The van der Waals surface area contributed by atoms with Crippen LogP contribution in [0.5, 0.6) is 0 Å². The van der Waals surface area contributed by atoms with Gasteiger partial charge in [-0.1, -0.05) is 20.8 Å². The highest BCUT2D eigenvalue weighted by Crippen LogP contribution is 2.89. The average Bonchev–Trinajstić information content (AvgIpc) is 1.47. The van der Waals surface area contributed by atoms with Crippen molar-refractivity contribution >= 4 is 0 Å². The fourth-order valence-corrected chi connectivity index (χ4v) is 20.0. The third kappa shape index (κ3) is 10.6. The van der Waals surface area contributed by atoms with Crippen LogP contribution in [-0.2, 0) is 42.6 Å². The van der Waals surface area contributed by atoms with Crippen molar-refractivity contribution in [3.8, 4) is 0 Å². The van der Waals surface area contributed by atoms with E-state index in [2.05, 4.69) is 13.8 Å². The summed E-state index contributed by atoms with van der Waals surface area (Å²) in [7, 11) is 0. The van der Waals surface area contributed by atoms with Gasteiger partial charge >= 0.3 is 0 Å². The molecular formula is C60H100O27. The molecule has 0 aromatic heterocycles. The summed E-state index contributed by atoms with van der Waals surface area (Å²) in [5.74, 6) is -2.12. The highest BCUT2D eigenvalue weighted by molar-refractivity contribution is 5.31. The molecule has 0 radical (unpaired) electrons. The first-order valence-electron chi connectivity index (χ1n) is 31.7. The van der Waals surface area contributed by atoms with E-state index >= 15 is 0 Å². The molecule has 0 bridgehead atoms. The van der Waals surface area contributed by atoms with Crippen LogP contribution < -0.4 is 0 Å². The minimum Gasteiger partial charge on any atom is -0.396 e. The molecule has 0 aromatic carbocycles. The van der Waals surface area contributed by atoms with E-state index in [-0.39, 0.29) is 47.0 Å². The molecule has 0 amide bonds. The molecular weight excluding hydrogens is 1150 g/mol. The first kappa shape index (κ1) is 67.3. The maximum Gasteiger partial charge on any atom is 0.187 e. The molecule has 6 aliphatic carbocycles. The lowest BCUT2D eigenvalue weighted by Crippen LogP contribution is -2.66. The quantitative estimate of drug-likeness (QED) is 0.0686. The summed E-state index contributed by atoms with van der Waals surface area (Å²) in [6.07, 6.45) is -34.2. The SMILES string of the molecule is C[C@@H]1O[C@@H](OC[C@H]2O[C@@H](O[C@H]3CC[C@]45C[C@]46CC[C@]4(C)[C@@H]([C@@H]7[C@@H](O)[C@H](C(C)(C)O)C[C@@H]7[C@@H]7O[C@H](CO)[C@@H](O)[C@H](O)[C@H]7O[C@@H]7O[C@H](CO)[C@@H](O)[C@H](O)[C@H]7O)CC[C@@]4(C)[C@@H]6CC[C@H]5[C@@]3(C)CO)[C@H](O[C@@H]3O[C@@H](C)[C@H](O)[C@@H](O)[C@H]3O)[C@@H](O)[C@@H]2O)[C@H](O)[C@H](O)[C@H]1O. The smallest absolute Gasteiger partial charge is 0.187 e. The van der Waals surface area contributed by atoms with Gasteiger partial charge < -0.3 is 135 Å². The van der Waals surface area contributed by atoms with Gasteiger partial charge in [0.1, 0.15) is 110 Å². The van der Waals surface area contributed by atoms with Crippen molar-refractivity contribution in [1.29, 1.82) is 0 Å². The Balaban J connectivity index is 0.852. The Bertz CT molecular complexity index is 2370. The molecule has 27 nitrogen and oxygen atoms in total. The van der Waals surface area contributed by atoms with Crippen molar-refractivity contribution in [2.24, 2.45) is 62.6 Å². The highest BCUT2D eigenvalue weighted by atomic mass is 16.8. The lowest BCUT2D eigenvalue weighted by Gasteiger charge is -2.64. The summed E-state index contributed by atoms with van der Waals surface area (Å²) in [5, 5.41) is 200. The van der Waals surface area contributed by atoms with E-state index in [0.717, 1.165) is 32.1 Å². The summed E-state index contributed by atoms with van der Waals surface area (Å²) in [6.45, 7) is 10.5. The van der Waals surface area contributed by atoms with Crippen LogP contribution in [0.2, 0.25) is 0 Å². The molecule has 5 aliphatic heterocycles. The van der Waals surface area contributed by atoms with Crippen molar-refractivity contribution < 1.29 is 135 Å². The Labute approximate surface area is 506 Å². The molecule has 2 spiro atoms. The van der Waals surface area contributed by atoms with Crippen LogP contribution in [-0.4, -0.2) is 289 Å². The molecule has 0 aromatic rings. The number of fused-ring (bicyclic) bond motifs is 2. The third-order valence-corrected chi connectivity index (χ3v) is 25.2. The van der Waals surface area contributed by atoms with Crippen LogP contribution in [0.4, 0.5) is 0 Å². The largest absolute Gasteiger partial charge is 0.396 e. The number of aliphatic hydroxyl groups is 18. The Morgan fingerprint density at radius 2 is 0.989 bits per heavy atom. The van der Waals surface area contributed by atoms with Gasteiger partial charge in [0.05, 0.1) is 62.5 Å². The van der Waals surface area contributed by atoms with Gasteiger partial charge in [0.15, 0.2) is 25.2 Å². The summed E-state index contributed by atoms with van der Waals surface area (Å²) < 4.78 is 55.4. The van der Waals surface area contributed by atoms with E-state index in [1.165, 1.54) is 13.8 Å². The molecule has 5 saturated heterocycles. The van der Waals surface area contributed by atoms with Gasteiger partial charge in [-0.15, -0.1) is 0 Å². The van der Waals surface area contributed by atoms with Crippen LogP contribution in [0, 0.1) is 62.6 Å². The summed E-state index contributed by atoms with van der Waals surface area (Å²) >= 11 is 0. The van der Waals surface area contributed by atoms with E-state index in [1.54, 1.807) is 13.8 Å². The number of hydrogen-bond donors (Lipinski definition) is 18. The molecule has 18 N–H and O–H groups in total. The maximum atomic E-state index is 12.8. The predicted molar refractivity (Wildman–Crippen MR) is 293 cm³/mol. The Morgan fingerprint density at radius 3 is 1.61 bits per heavy atom. The normalized spacial score (nSPS) is 58.7. The van der Waals surface area contributed by atoms with Crippen molar-refractivity contribution in [1.82, 2.24) is 0 Å². The molecule has 6 saturated carbocycles. The first-order chi connectivity index (χ1) is 40.8. The van der Waals surface area contributed by atoms with Gasteiger partial charge in [-0.05, 0) is 143 Å².